The maximum Gasteiger partial charge on any atom is 0.291 e. The van der Waals surface area contributed by atoms with Crippen LogP contribution in [0.4, 0.5) is 10.1 Å². The van der Waals surface area contributed by atoms with E-state index in [0.717, 1.165) is 0 Å². The van der Waals surface area contributed by atoms with Crippen LogP contribution >= 0.6 is 0 Å². The van der Waals surface area contributed by atoms with E-state index >= 15 is 0 Å². The van der Waals surface area contributed by atoms with E-state index in [1.165, 1.54) is 24.3 Å². The Morgan fingerprint density at radius 1 is 1.16 bits per heavy atom. The maximum atomic E-state index is 12.8. The van der Waals surface area contributed by atoms with E-state index in [1.807, 2.05) is 0 Å². The first-order valence-corrected chi connectivity index (χ1v) is 7.49. The minimum absolute atomic E-state index is 0.130. The number of halogens is 1. The molecule has 0 bridgehead atoms. The zero-order valence-corrected chi connectivity index (χ0v) is 13.2. The summed E-state index contributed by atoms with van der Waals surface area (Å²) < 4.78 is 23.8. The maximum absolute atomic E-state index is 12.8. The third-order valence-electron chi connectivity index (χ3n) is 3.37. The van der Waals surface area contributed by atoms with Crippen LogP contribution < -0.4 is 10.1 Å². The van der Waals surface area contributed by atoms with Crippen molar-refractivity contribution < 1.29 is 18.3 Å². The van der Waals surface area contributed by atoms with Crippen LogP contribution in [0.15, 0.2) is 65.1 Å². The summed E-state index contributed by atoms with van der Waals surface area (Å²) in [5.74, 6) is 2.93. The van der Waals surface area contributed by atoms with Crippen molar-refractivity contribution in [3.63, 3.8) is 0 Å². The van der Waals surface area contributed by atoms with Crippen LogP contribution in [0.3, 0.4) is 0 Å². The second-order valence-corrected chi connectivity index (χ2v) is 5.19. The molecule has 0 saturated heterocycles. The highest BCUT2D eigenvalue weighted by Gasteiger charge is 2.12. The second kappa shape index (κ2) is 7.37. The number of benzene rings is 2. The smallest absolute Gasteiger partial charge is 0.291 e. The number of terminal acetylenes is 1. The van der Waals surface area contributed by atoms with Gasteiger partial charge in [0.05, 0.1) is 0 Å². The number of carbonyl (C=O) groups is 1. The number of carbonyl (C=O) groups excluding carboxylic acids is 1. The highest BCUT2D eigenvalue weighted by atomic mass is 19.1. The van der Waals surface area contributed by atoms with Crippen LogP contribution in [0.2, 0.25) is 0 Å². The molecule has 1 aromatic heterocycles. The first kappa shape index (κ1) is 16.3. The molecule has 3 aromatic rings. The Hall–Kier alpha value is -3.52. The minimum atomic E-state index is -0.387. The molecule has 5 heteroatoms. The molecule has 1 amide bonds. The molecule has 0 aliphatic carbocycles. The topological polar surface area (TPSA) is 51.5 Å². The lowest BCUT2D eigenvalue weighted by Gasteiger charge is -2.05. The van der Waals surface area contributed by atoms with E-state index in [-0.39, 0.29) is 24.1 Å². The van der Waals surface area contributed by atoms with Gasteiger partial charge in [0.15, 0.2) is 5.76 Å². The molecule has 0 radical (unpaired) electrons. The van der Waals surface area contributed by atoms with E-state index in [1.54, 1.807) is 36.4 Å². The van der Waals surface area contributed by atoms with Crippen LogP contribution in [0.5, 0.6) is 5.75 Å². The van der Waals surface area contributed by atoms with Crippen molar-refractivity contribution in [2.24, 2.45) is 0 Å². The van der Waals surface area contributed by atoms with Crippen LogP contribution in [-0.4, -0.2) is 5.91 Å². The molecule has 1 heterocycles. The van der Waals surface area contributed by atoms with Crippen molar-refractivity contribution in [1.29, 1.82) is 0 Å². The summed E-state index contributed by atoms with van der Waals surface area (Å²) in [6.45, 7) is 0.130. The number of amides is 1. The summed E-state index contributed by atoms with van der Waals surface area (Å²) in [6.07, 6.45) is 5.34. The standard InChI is InChI=1S/C20H14FNO3/c1-2-14-4-3-5-16(12-14)22-20(23)19-11-10-18(25-19)13-24-17-8-6-15(21)7-9-17/h1,3-12H,13H2,(H,22,23). The molecule has 0 spiro atoms. The van der Waals surface area contributed by atoms with E-state index < -0.39 is 0 Å². The molecule has 0 unspecified atom stereocenters. The van der Waals surface area contributed by atoms with Gasteiger partial charge in [-0.15, -0.1) is 6.42 Å². The lowest BCUT2D eigenvalue weighted by molar-refractivity contribution is 0.0992. The molecule has 25 heavy (non-hydrogen) atoms. The predicted molar refractivity (Wildman–Crippen MR) is 91.8 cm³/mol. The first-order chi connectivity index (χ1) is 12.1. The van der Waals surface area contributed by atoms with Crippen LogP contribution in [-0.2, 0) is 6.61 Å². The SMILES string of the molecule is C#Cc1cccc(NC(=O)c2ccc(COc3ccc(F)cc3)o2)c1. The van der Waals surface area contributed by atoms with E-state index in [4.69, 9.17) is 15.6 Å². The molecular weight excluding hydrogens is 321 g/mol. The summed E-state index contributed by atoms with van der Waals surface area (Å²) in [5, 5.41) is 2.72. The summed E-state index contributed by atoms with van der Waals surface area (Å²) >= 11 is 0. The van der Waals surface area contributed by atoms with Crippen LogP contribution in [0.25, 0.3) is 0 Å². The van der Waals surface area contributed by atoms with Crippen LogP contribution in [0.1, 0.15) is 21.9 Å². The Morgan fingerprint density at radius 2 is 1.96 bits per heavy atom. The number of hydrogen-bond donors (Lipinski definition) is 1. The van der Waals surface area contributed by atoms with E-state index in [2.05, 4.69) is 11.2 Å². The van der Waals surface area contributed by atoms with Crippen molar-refractivity contribution >= 4 is 11.6 Å². The monoisotopic (exact) mass is 335 g/mol. The van der Waals surface area contributed by atoms with Gasteiger partial charge in [0.1, 0.15) is 23.9 Å². The normalized spacial score (nSPS) is 10.1. The van der Waals surface area contributed by atoms with Gasteiger partial charge in [-0.2, -0.15) is 0 Å². The quantitative estimate of drug-likeness (QED) is 0.710. The lowest BCUT2D eigenvalue weighted by Crippen LogP contribution is -2.10. The van der Waals surface area contributed by atoms with Gasteiger partial charge >= 0.3 is 0 Å². The molecule has 0 aliphatic rings. The Kier molecular flexibility index (Phi) is 4.82. The van der Waals surface area contributed by atoms with Crippen molar-refractivity contribution in [2.75, 3.05) is 5.32 Å². The number of ether oxygens (including phenoxy) is 1. The molecule has 0 aliphatic heterocycles. The van der Waals surface area contributed by atoms with Gasteiger partial charge in [-0.05, 0) is 54.6 Å². The van der Waals surface area contributed by atoms with Crippen molar-refractivity contribution in [3.05, 3.63) is 83.6 Å². The molecule has 3 rings (SSSR count). The predicted octanol–water partition coefficient (Wildman–Crippen LogP) is 4.23. The van der Waals surface area contributed by atoms with Crippen molar-refractivity contribution in [2.45, 2.75) is 6.61 Å². The third-order valence-corrected chi connectivity index (χ3v) is 3.37. The van der Waals surface area contributed by atoms with E-state index in [0.29, 0.717) is 22.8 Å². The van der Waals surface area contributed by atoms with Crippen LogP contribution in [0, 0.1) is 18.2 Å². The fourth-order valence-corrected chi connectivity index (χ4v) is 2.14. The molecule has 124 valence electrons. The second-order valence-electron chi connectivity index (χ2n) is 5.19. The molecule has 0 fully saturated rings. The summed E-state index contributed by atoms with van der Waals surface area (Å²) in [6, 6.07) is 15.8. The van der Waals surface area contributed by atoms with Gasteiger partial charge in [0.25, 0.3) is 5.91 Å². The molecule has 1 N–H and O–H groups in total. The Balaban J connectivity index is 1.61. The fourth-order valence-electron chi connectivity index (χ4n) is 2.14. The lowest BCUT2D eigenvalue weighted by atomic mass is 10.2. The van der Waals surface area contributed by atoms with Gasteiger partial charge in [-0.25, -0.2) is 4.39 Å². The minimum Gasteiger partial charge on any atom is -0.486 e. The zero-order chi connectivity index (χ0) is 17.6. The van der Waals surface area contributed by atoms with Crippen molar-refractivity contribution in [1.82, 2.24) is 0 Å². The first-order valence-electron chi connectivity index (χ1n) is 7.49. The number of rotatable bonds is 5. The van der Waals surface area contributed by atoms with Gasteiger partial charge in [0.2, 0.25) is 0 Å². The average molecular weight is 335 g/mol. The average Bonchev–Trinajstić information content (AvgIpc) is 3.10. The number of nitrogens with one attached hydrogen (secondary N) is 1. The summed E-state index contributed by atoms with van der Waals surface area (Å²) in [7, 11) is 0. The molecule has 0 saturated carbocycles. The van der Waals surface area contributed by atoms with Gasteiger partial charge in [-0.1, -0.05) is 12.0 Å². The highest BCUT2D eigenvalue weighted by Crippen LogP contribution is 2.16. The number of hydrogen-bond acceptors (Lipinski definition) is 3. The Labute approximate surface area is 144 Å². The Bertz CT molecular complexity index is 923. The van der Waals surface area contributed by atoms with Gasteiger partial charge in [0, 0.05) is 11.3 Å². The molecular formula is C20H14FNO3. The van der Waals surface area contributed by atoms with Gasteiger partial charge < -0.3 is 14.5 Å². The molecule has 2 aromatic carbocycles. The third kappa shape index (κ3) is 4.27. The van der Waals surface area contributed by atoms with Crippen molar-refractivity contribution in [3.8, 4) is 18.1 Å². The Morgan fingerprint density at radius 3 is 2.72 bits per heavy atom. The molecule has 4 nitrogen and oxygen atoms in total. The van der Waals surface area contributed by atoms with Gasteiger partial charge in [-0.3, -0.25) is 4.79 Å². The number of anilines is 1. The van der Waals surface area contributed by atoms with E-state index in [9.17, 15) is 9.18 Å². The fraction of sp³-hybridized carbons (Fsp3) is 0.0500. The largest absolute Gasteiger partial charge is 0.486 e. The molecule has 0 atom stereocenters. The number of furan rings is 1. The summed E-state index contributed by atoms with van der Waals surface area (Å²) in [4.78, 5) is 12.2. The highest BCUT2D eigenvalue weighted by molar-refractivity contribution is 6.02. The summed E-state index contributed by atoms with van der Waals surface area (Å²) in [5.41, 5.74) is 1.26. The zero-order valence-electron chi connectivity index (χ0n) is 13.2.